The molecule has 8 rings (SSSR count). The molecule has 0 N–H and O–H groups in total. The molecule has 2 aliphatic rings. The molecule has 0 fully saturated rings. The van der Waals surface area contributed by atoms with Gasteiger partial charge in [-0.25, -0.2) is 0 Å². The molecule has 2 unspecified atom stereocenters. The van der Waals surface area contributed by atoms with Crippen LogP contribution >= 0.6 is 24.4 Å². The molecule has 1 aliphatic heterocycles. The first-order valence-electron chi connectivity index (χ1n) is 18.9. The molecule has 1 heterocycles. The Labute approximate surface area is 330 Å². The van der Waals surface area contributed by atoms with Crippen molar-refractivity contribution < 1.29 is 0 Å². The Morgan fingerprint density at radius 3 is 2.04 bits per heavy atom. The van der Waals surface area contributed by atoms with E-state index in [-0.39, 0.29) is 5.92 Å². The van der Waals surface area contributed by atoms with E-state index in [0.717, 1.165) is 40.4 Å². The lowest BCUT2D eigenvalue weighted by Gasteiger charge is -2.48. The summed E-state index contributed by atoms with van der Waals surface area (Å²) in [5.74, 6) is 0.0612. The normalized spacial score (nSPS) is 17.3. The number of nitrogens with zero attached hydrogens (tertiary/aromatic N) is 1. The van der Waals surface area contributed by atoms with Crippen LogP contribution in [0.5, 0.6) is 0 Å². The molecule has 0 radical (unpaired) electrons. The van der Waals surface area contributed by atoms with Gasteiger partial charge in [0, 0.05) is 26.9 Å². The molecule has 3 heteroatoms. The lowest BCUT2D eigenvalue weighted by molar-refractivity contribution is 0.471. The van der Waals surface area contributed by atoms with Crippen LogP contribution in [-0.2, 0) is 5.41 Å². The van der Waals surface area contributed by atoms with Gasteiger partial charge in [-0.3, -0.25) is 0 Å². The number of anilines is 3. The number of allylic oxidation sites excluding steroid dienone is 8. The van der Waals surface area contributed by atoms with Gasteiger partial charge >= 0.3 is 0 Å². The van der Waals surface area contributed by atoms with E-state index < -0.39 is 5.41 Å². The van der Waals surface area contributed by atoms with E-state index in [1.165, 1.54) is 48.8 Å². The van der Waals surface area contributed by atoms with Crippen LogP contribution in [0.4, 0.5) is 17.1 Å². The Morgan fingerprint density at radius 2 is 1.33 bits per heavy atom. The predicted octanol–water partition coefficient (Wildman–Crippen LogP) is 14.7. The van der Waals surface area contributed by atoms with Crippen LogP contribution < -0.4 is 4.90 Å². The molecule has 0 saturated heterocycles. The monoisotopic (exact) mass is 735 g/mol. The van der Waals surface area contributed by atoms with Gasteiger partial charge in [0.25, 0.3) is 0 Å². The van der Waals surface area contributed by atoms with Crippen LogP contribution in [0.25, 0.3) is 16.7 Å². The number of benzene rings is 6. The number of thiol groups is 1. The van der Waals surface area contributed by atoms with Gasteiger partial charge in [-0.05, 0) is 118 Å². The summed E-state index contributed by atoms with van der Waals surface area (Å²) in [6, 6.07) is 54.9. The fourth-order valence-corrected chi connectivity index (χ4v) is 10.4. The lowest BCUT2D eigenvalue weighted by Crippen LogP contribution is -2.41. The summed E-state index contributed by atoms with van der Waals surface area (Å²) in [5.41, 5.74) is 12.9. The van der Waals surface area contributed by atoms with Gasteiger partial charge in [0.1, 0.15) is 0 Å². The van der Waals surface area contributed by atoms with Crippen molar-refractivity contribution in [1.29, 1.82) is 0 Å². The molecular weight excluding hydrogens is 691 g/mol. The molecular formula is C51H45NS2. The fourth-order valence-electron chi connectivity index (χ4n) is 8.62. The highest BCUT2D eigenvalue weighted by Crippen LogP contribution is 2.61. The lowest BCUT2D eigenvalue weighted by atomic mass is 9.58. The first-order chi connectivity index (χ1) is 26.5. The van der Waals surface area contributed by atoms with Crippen molar-refractivity contribution in [3.63, 3.8) is 0 Å². The Morgan fingerprint density at radius 1 is 0.722 bits per heavy atom. The molecule has 0 amide bonds. The quantitative estimate of drug-likeness (QED) is 0.116. The number of para-hydroxylation sites is 2. The molecule has 54 heavy (non-hydrogen) atoms. The average molecular weight is 736 g/mol. The molecule has 1 nitrogen and oxygen atoms in total. The highest BCUT2D eigenvalue weighted by Gasteiger charge is 2.50. The first kappa shape index (κ1) is 35.8. The maximum absolute atomic E-state index is 5.63. The number of thioether (sulfide) groups is 1. The van der Waals surface area contributed by atoms with Crippen LogP contribution in [0.2, 0.25) is 0 Å². The number of rotatable bonds is 9. The standard InChI is InChI=1S/C51H45NS2/c1-4-5-27-42(38-21-9-6-10-22-38)37(3)51(44-30-15-17-34-48(44)54-49-35-18-16-31-45(49)51)46-32-19-29-43(50(46)53)41-28-20-33-47(36(41)2)52(39-23-11-7-12-24-39)40-25-13-8-14-26-40/h4-17,19-34,37,53H,18,35H2,1-3H3/b5-4-,42-27+. The third kappa shape index (κ3) is 6.30. The minimum absolute atomic E-state index is 0.0612. The highest BCUT2D eigenvalue weighted by molar-refractivity contribution is 8.03. The Bertz CT molecular complexity index is 2370. The van der Waals surface area contributed by atoms with Crippen LogP contribution in [0, 0.1) is 12.8 Å². The summed E-state index contributed by atoms with van der Waals surface area (Å²) in [7, 11) is 0. The molecule has 0 bridgehead atoms. The van der Waals surface area contributed by atoms with Gasteiger partial charge in [0.2, 0.25) is 0 Å². The maximum atomic E-state index is 5.63. The van der Waals surface area contributed by atoms with Crippen molar-refractivity contribution in [3.8, 4) is 11.1 Å². The summed E-state index contributed by atoms with van der Waals surface area (Å²) >= 11 is 7.58. The molecule has 0 spiro atoms. The van der Waals surface area contributed by atoms with Crippen molar-refractivity contribution in [1.82, 2.24) is 0 Å². The zero-order chi connectivity index (χ0) is 37.1. The van der Waals surface area contributed by atoms with E-state index in [2.05, 4.69) is 208 Å². The zero-order valence-corrected chi connectivity index (χ0v) is 32.8. The largest absolute Gasteiger partial charge is 0.310 e. The molecule has 6 aromatic rings. The smallest absolute Gasteiger partial charge is 0.0547 e. The maximum Gasteiger partial charge on any atom is 0.0547 e. The Kier molecular flexibility index (Phi) is 10.4. The molecule has 2 atom stereocenters. The molecule has 1 aliphatic carbocycles. The van der Waals surface area contributed by atoms with Crippen molar-refractivity contribution in [3.05, 3.63) is 215 Å². The van der Waals surface area contributed by atoms with E-state index in [1.54, 1.807) is 0 Å². The fraction of sp³-hybridized carbons (Fsp3) is 0.137. The van der Waals surface area contributed by atoms with Crippen molar-refractivity contribution in [2.45, 2.75) is 48.8 Å². The molecule has 0 aromatic heterocycles. The topological polar surface area (TPSA) is 3.24 Å². The van der Waals surface area contributed by atoms with Crippen molar-refractivity contribution >= 4 is 47.0 Å². The van der Waals surface area contributed by atoms with Crippen LogP contribution in [0.3, 0.4) is 0 Å². The minimum atomic E-state index is -0.504. The van der Waals surface area contributed by atoms with Crippen LogP contribution in [0.15, 0.2) is 202 Å². The van der Waals surface area contributed by atoms with Crippen molar-refractivity contribution in [2.24, 2.45) is 5.92 Å². The van der Waals surface area contributed by atoms with Gasteiger partial charge in [-0.2, -0.15) is 0 Å². The summed E-state index contributed by atoms with van der Waals surface area (Å²) in [6.45, 7) is 6.79. The second kappa shape index (κ2) is 15.6. The molecule has 6 aromatic carbocycles. The third-order valence-corrected chi connectivity index (χ3v) is 12.8. The van der Waals surface area contributed by atoms with Crippen LogP contribution in [-0.4, -0.2) is 0 Å². The SMILES string of the molecule is C/C=C\C=C(\c1ccccc1)C(C)C1(c2cccc(-c3cccc(N(c4ccccc4)c4ccccc4)c3C)c2S)C2=C(CCC=C2)Sc2ccccc21. The van der Waals surface area contributed by atoms with Crippen molar-refractivity contribution in [2.75, 3.05) is 4.90 Å². The molecule has 0 saturated carbocycles. The summed E-state index contributed by atoms with van der Waals surface area (Å²) in [4.78, 5) is 6.16. The summed E-state index contributed by atoms with van der Waals surface area (Å²) in [6.07, 6.45) is 13.6. The van der Waals surface area contributed by atoms with Gasteiger partial charge < -0.3 is 4.90 Å². The predicted molar refractivity (Wildman–Crippen MR) is 235 cm³/mol. The summed E-state index contributed by atoms with van der Waals surface area (Å²) < 4.78 is 0. The van der Waals surface area contributed by atoms with E-state index in [1.807, 2.05) is 11.8 Å². The van der Waals surface area contributed by atoms with Gasteiger partial charge in [-0.1, -0.05) is 164 Å². The third-order valence-electron chi connectivity index (χ3n) is 11.1. The van der Waals surface area contributed by atoms with Gasteiger partial charge in [-0.15, -0.1) is 12.6 Å². The van der Waals surface area contributed by atoms with Crippen LogP contribution in [0.1, 0.15) is 48.9 Å². The van der Waals surface area contributed by atoms with E-state index in [4.69, 9.17) is 12.6 Å². The van der Waals surface area contributed by atoms with E-state index in [0.29, 0.717) is 0 Å². The van der Waals surface area contributed by atoms with E-state index >= 15 is 0 Å². The number of hydrogen-bond acceptors (Lipinski definition) is 3. The number of hydrogen-bond donors (Lipinski definition) is 1. The minimum Gasteiger partial charge on any atom is -0.310 e. The van der Waals surface area contributed by atoms with Gasteiger partial charge in [0.05, 0.1) is 5.41 Å². The second-order valence-corrected chi connectivity index (χ2v) is 15.7. The summed E-state index contributed by atoms with van der Waals surface area (Å²) in [5, 5.41) is 0. The Hall–Kier alpha value is -5.22. The number of fused-ring (bicyclic) bond motifs is 1. The zero-order valence-electron chi connectivity index (χ0n) is 31.1. The first-order valence-corrected chi connectivity index (χ1v) is 20.2. The Balaban J connectivity index is 1.39. The van der Waals surface area contributed by atoms with Gasteiger partial charge in [0.15, 0.2) is 0 Å². The second-order valence-electron chi connectivity index (χ2n) is 14.1. The van der Waals surface area contributed by atoms with E-state index in [9.17, 15) is 0 Å². The highest BCUT2D eigenvalue weighted by atomic mass is 32.2. The average Bonchev–Trinajstić information content (AvgIpc) is 3.22. The molecule has 266 valence electrons.